The first-order valence-corrected chi connectivity index (χ1v) is 8.70. The number of carbonyl (C=O) groups excluding carboxylic acids is 1. The number of nitrogens with zero attached hydrogens (tertiary/aromatic N) is 1. The molecule has 0 aliphatic carbocycles. The summed E-state index contributed by atoms with van der Waals surface area (Å²) in [6.45, 7) is 11.6. The molecule has 0 aliphatic heterocycles. The molecule has 1 aromatic rings. The van der Waals surface area contributed by atoms with Crippen molar-refractivity contribution in [3.63, 3.8) is 0 Å². The topological polar surface area (TPSA) is 65.5 Å². The standard InChI is InChI=1S/C18H29ClN4O.HI/c1-6-20-17(22-12-11-21-16(24)18(3,4)5)23-13(2)14-7-9-15(19)10-8-14;/h7-10,13H,6,11-12H2,1-5H3,(H,21,24)(H2,20,22,23);1H. The van der Waals surface area contributed by atoms with Crippen LogP contribution in [0.4, 0.5) is 0 Å². The van der Waals surface area contributed by atoms with Crippen molar-refractivity contribution >= 4 is 47.4 Å². The number of hydrogen-bond donors (Lipinski definition) is 3. The quantitative estimate of drug-likeness (QED) is 0.252. The number of hydrogen-bond acceptors (Lipinski definition) is 2. The van der Waals surface area contributed by atoms with Crippen molar-refractivity contribution in [3.05, 3.63) is 34.9 Å². The van der Waals surface area contributed by atoms with E-state index in [9.17, 15) is 4.79 Å². The first-order chi connectivity index (χ1) is 11.2. The van der Waals surface area contributed by atoms with Gasteiger partial charge >= 0.3 is 0 Å². The fourth-order valence-corrected chi connectivity index (χ4v) is 2.09. The molecule has 3 N–H and O–H groups in total. The number of rotatable bonds is 6. The molecular weight excluding hydrogens is 451 g/mol. The van der Waals surface area contributed by atoms with E-state index in [1.165, 1.54) is 0 Å². The van der Waals surface area contributed by atoms with E-state index < -0.39 is 0 Å². The van der Waals surface area contributed by atoms with E-state index in [4.69, 9.17) is 11.6 Å². The zero-order valence-corrected chi connectivity index (χ0v) is 18.7. The molecule has 0 spiro atoms. The van der Waals surface area contributed by atoms with Crippen molar-refractivity contribution in [1.82, 2.24) is 16.0 Å². The third-order valence-electron chi connectivity index (χ3n) is 3.42. The minimum absolute atomic E-state index is 0. The molecule has 0 aliphatic rings. The Bertz CT molecular complexity index is 555. The van der Waals surface area contributed by atoms with Gasteiger partial charge in [-0.3, -0.25) is 9.79 Å². The van der Waals surface area contributed by atoms with Crippen LogP contribution in [0, 0.1) is 5.41 Å². The van der Waals surface area contributed by atoms with Gasteiger partial charge in [-0.05, 0) is 31.5 Å². The van der Waals surface area contributed by atoms with E-state index in [1.54, 1.807) is 0 Å². The molecule has 25 heavy (non-hydrogen) atoms. The van der Waals surface area contributed by atoms with Gasteiger partial charge in [-0.2, -0.15) is 0 Å². The molecule has 1 atom stereocenters. The van der Waals surface area contributed by atoms with E-state index in [2.05, 4.69) is 27.9 Å². The Morgan fingerprint density at radius 2 is 1.80 bits per heavy atom. The zero-order chi connectivity index (χ0) is 18.2. The first-order valence-electron chi connectivity index (χ1n) is 8.32. The lowest BCUT2D eigenvalue weighted by molar-refractivity contribution is -0.128. The van der Waals surface area contributed by atoms with Crippen LogP contribution in [-0.2, 0) is 4.79 Å². The van der Waals surface area contributed by atoms with Crippen molar-refractivity contribution in [1.29, 1.82) is 0 Å². The van der Waals surface area contributed by atoms with Crippen molar-refractivity contribution in [2.75, 3.05) is 19.6 Å². The fraction of sp³-hybridized carbons (Fsp3) is 0.556. The van der Waals surface area contributed by atoms with Crippen LogP contribution in [0.1, 0.15) is 46.2 Å². The summed E-state index contributed by atoms with van der Waals surface area (Å²) in [4.78, 5) is 16.3. The van der Waals surface area contributed by atoms with Gasteiger partial charge in [0.1, 0.15) is 0 Å². The number of amides is 1. The summed E-state index contributed by atoms with van der Waals surface area (Å²) in [5.74, 6) is 0.759. The van der Waals surface area contributed by atoms with Gasteiger partial charge in [0.15, 0.2) is 5.96 Å². The molecule has 0 saturated heterocycles. The van der Waals surface area contributed by atoms with Crippen LogP contribution >= 0.6 is 35.6 Å². The third kappa shape index (κ3) is 9.30. The van der Waals surface area contributed by atoms with Crippen molar-refractivity contribution < 1.29 is 4.79 Å². The van der Waals surface area contributed by atoms with Crippen molar-refractivity contribution in [2.24, 2.45) is 10.4 Å². The maximum atomic E-state index is 11.8. The second-order valence-electron chi connectivity index (χ2n) is 6.68. The Kier molecular flexibility index (Phi) is 11.1. The van der Waals surface area contributed by atoms with Crippen LogP contribution in [-0.4, -0.2) is 31.5 Å². The maximum absolute atomic E-state index is 11.8. The van der Waals surface area contributed by atoms with Gasteiger partial charge in [-0.1, -0.05) is 44.5 Å². The second kappa shape index (κ2) is 11.6. The Hall–Kier alpha value is -1.02. The van der Waals surface area contributed by atoms with E-state index in [0.29, 0.717) is 13.1 Å². The SMILES string of the molecule is CCNC(=NCCNC(=O)C(C)(C)C)NC(C)c1ccc(Cl)cc1.I. The Balaban J connectivity index is 0.00000576. The smallest absolute Gasteiger partial charge is 0.225 e. The number of halogens is 2. The van der Waals surface area contributed by atoms with Crippen LogP contribution in [0.15, 0.2) is 29.3 Å². The lowest BCUT2D eigenvalue weighted by atomic mass is 9.96. The summed E-state index contributed by atoms with van der Waals surface area (Å²) in [5.41, 5.74) is 0.751. The predicted molar refractivity (Wildman–Crippen MR) is 117 cm³/mol. The van der Waals surface area contributed by atoms with Crippen LogP contribution in [0.3, 0.4) is 0 Å². The largest absolute Gasteiger partial charge is 0.357 e. The van der Waals surface area contributed by atoms with E-state index >= 15 is 0 Å². The normalized spacial score (nSPS) is 12.8. The van der Waals surface area contributed by atoms with Gasteiger partial charge in [-0.15, -0.1) is 24.0 Å². The molecular formula is C18H30ClIN4O. The fourth-order valence-electron chi connectivity index (χ4n) is 1.96. The zero-order valence-electron chi connectivity index (χ0n) is 15.6. The summed E-state index contributed by atoms with van der Waals surface area (Å²) in [6.07, 6.45) is 0. The minimum atomic E-state index is -0.379. The maximum Gasteiger partial charge on any atom is 0.225 e. The molecule has 7 heteroatoms. The molecule has 1 amide bonds. The average molecular weight is 481 g/mol. The Morgan fingerprint density at radius 1 is 1.20 bits per heavy atom. The van der Waals surface area contributed by atoms with Gasteiger partial charge < -0.3 is 16.0 Å². The van der Waals surface area contributed by atoms with Crippen LogP contribution < -0.4 is 16.0 Å². The molecule has 1 unspecified atom stereocenters. The van der Waals surface area contributed by atoms with Crippen LogP contribution in [0.25, 0.3) is 0 Å². The van der Waals surface area contributed by atoms with Crippen LogP contribution in [0.2, 0.25) is 5.02 Å². The lowest BCUT2D eigenvalue weighted by Crippen LogP contribution is -2.40. The first kappa shape index (κ1) is 24.0. The summed E-state index contributed by atoms with van der Waals surface area (Å²) >= 11 is 5.92. The number of nitrogens with one attached hydrogen (secondary N) is 3. The van der Waals surface area contributed by atoms with Crippen LogP contribution in [0.5, 0.6) is 0 Å². The molecule has 1 rings (SSSR count). The van der Waals surface area contributed by atoms with E-state index in [-0.39, 0.29) is 41.3 Å². The summed E-state index contributed by atoms with van der Waals surface area (Å²) in [7, 11) is 0. The van der Waals surface area contributed by atoms with Gasteiger partial charge in [0.2, 0.25) is 5.91 Å². The molecule has 1 aromatic carbocycles. The van der Waals surface area contributed by atoms with Crippen molar-refractivity contribution in [3.8, 4) is 0 Å². The second-order valence-corrected chi connectivity index (χ2v) is 7.12. The van der Waals surface area contributed by atoms with Gasteiger partial charge in [0, 0.05) is 23.5 Å². The summed E-state index contributed by atoms with van der Waals surface area (Å²) in [5, 5.41) is 10.2. The lowest BCUT2D eigenvalue weighted by Gasteiger charge is -2.19. The molecule has 5 nitrogen and oxygen atoms in total. The Morgan fingerprint density at radius 3 is 2.32 bits per heavy atom. The molecule has 0 bridgehead atoms. The minimum Gasteiger partial charge on any atom is -0.357 e. The number of guanidine groups is 1. The molecule has 0 heterocycles. The summed E-state index contributed by atoms with van der Waals surface area (Å²) in [6, 6.07) is 7.84. The third-order valence-corrected chi connectivity index (χ3v) is 3.67. The van der Waals surface area contributed by atoms with Crippen molar-refractivity contribution in [2.45, 2.75) is 40.7 Å². The molecule has 0 saturated carbocycles. The van der Waals surface area contributed by atoms with Gasteiger partial charge in [0.25, 0.3) is 0 Å². The Labute approximate surface area is 173 Å². The summed E-state index contributed by atoms with van der Waals surface area (Å²) < 4.78 is 0. The predicted octanol–water partition coefficient (Wildman–Crippen LogP) is 3.74. The highest BCUT2D eigenvalue weighted by Crippen LogP contribution is 2.15. The number of aliphatic imine (C=N–C) groups is 1. The molecule has 0 aromatic heterocycles. The highest BCUT2D eigenvalue weighted by atomic mass is 127. The van der Waals surface area contributed by atoms with Gasteiger partial charge in [-0.25, -0.2) is 0 Å². The van der Waals surface area contributed by atoms with E-state index in [0.717, 1.165) is 23.1 Å². The molecule has 0 radical (unpaired) electrons. The monoisotopic (exact) mass is 480 g/mol. The molecule has 142 valence electrons. The average Bonchev–Trinajstić information content (AvgIpc) is 2.51. The number of carbonyl (C=O) groups is 1. The highest BCUT2D eigenvalue weighted by Gasteiger charge is 2.20. The molecule has 0 fully saturated rings. The van der Waals surface area contributed by atoms with Gasteiger partial charge in [0.05, 0.1) is 12.6 Å². The number of benzene rings is 1. The highest BCUT2D eigenvalue weighted by molar-refractivity contribution is 14.0. The van der Waals surface area contributed by atoms with E-state index in [1.807, 2.05) is 52.0 Å².